The molecule has 1 N–H and O–H groups in total. The molecule has 19 heavy (non-hydrogen) atoms. The Morgan fingerprint density at radius 1 is 1.21 bits per heavy atom. The summed E-state index contributed by atoms with van der Waals surface area (Å²) in [6, 6.07) is 5.18. The van der Waals surface area contributed by atoms with E-state index in [-0.39, 0.29) is 11.5 Å². The number of hydrogen-bond donors (Lipinski definition) is 1. The summed E-state index contributed by atoms with van der Waals surface area (Å²) in [7, 11) is 2.10. The van der Waals surface area contributed by atoms with Crippen molar-refractivity contribution in [2.24, 2.45) is 0 Å². The zero-order chi connectivity index (χ0) is 13.5. The molecule has 0 aliphatic carbocycles. The van der Waals surface area contributed by atoms with E-state index in [2.05, 4.69) is 26.7 Å². The number of piperidine rings is 1. The zero-order valence-electron chi connectivity index (χ0n) is 10.7. The maximum absolute atomic E-state index is 12.9. The summed E-state index contributed by atoms with van der Waals surface area (Å²) in [5.41, 5.74) is 0.787. The van der Waals surface area contributed by atoms with Crippen molar-refractivity contribution in [2.45, 2.75) is 25.2 Å². The number of hydrogen-bond acceptors (Lipinski definition) is 4. The quantitative estimate of drug-likeness (QED) is 0.895. The molecule has 1 aromatic rings. The summed E-state index contributed by atoms with van der Waals surface area (Å²) >= 11 is 0. The first-order chi connectivity index (χ1) is 9.02. The molecule has 3 rings (SSSR count). The van der Waals surface area contributed by atoms with Crippen molar-refractivity contribution in [3.8, 4) is 11.5 Å². The van der Waals surface area contributed by atoms with Crippen molar-refractivity contribution in [1.29, 1.82) is 0 Å². The monoisotopic (exact) mass is 270 g/mol. The average Bonchev–Trinajstić information content (AvgIpc) is 2.65. The van der Waals surface area contributed by atoms with Crippen LogP contribution in [0.4, 0.5) is 14.5 Å². The predicted octanol–water partition coefficient (Wildman–Crippen LogP) is 2.51. The number of rotatable bonds is 2. The lowest BCUT2D eigenvalue weighted by atomic mass is 10.1. The van der Waals surface area contributed by atoms with Crippen LogP contribution in [0.25, 0.3) is 0 Å². The van der Waals surface area contributed by atoms with Gasteiger partial charge in [0.2, 0.25) is 0 Å². The van der Waals surface area contributed by atoms with Crippen LogP contribution in [0.15, 0.2) is 18.2 Å². The van der Waals surface area contributed by atoms with E-state index in [1.54, 1.807) is 12.1 Å². The number of fused-ring (bicyclic) bond motifs is 1. The molecule has 104 valence electrons. The minimum Gasteiger partial charge on any atom is -0.395 e. The second-order valence-electron chi connectivity index (χ2n) is 5.05. The second kappa shape index (κ2) is 4.52. The Labute approximate surface area is 110 Å². The summed E-state index contributed by atoms with van der Waals surface area (Å²) in [5.74, 6) is 0.168. The number of benzene rings is 1. The van der Waals surface area contributed by atoms with Crippen LogP contribution in [-0.4, -0.2) is 37.4 Å². The van der Waals surface area contributed by atoms with Gasteiger partial charge >= 0.3 is 6.29 Å². The van der Waals surface area contributed by atoms with Gasteiger partial charge in [-0.2, -0.15) is 0 Å². The van der Waals surface area contributed by atoms with Gasteiger partial charge in [-0.1, -0.05) is 0 Å². The average molecular weight is 270 g/mol. The van der Waals surface area contributed by atoms with E-state index in [4.69, 9.17) is 0 Å². The topological polar surface area (TPSA) is 33.7 Å². The molecule has 0 amide bonds. The van der Waals surface area contributed by atoms with Gasteiger partial charge in [-0.05, 0) is 45.1 Å². The maximum atomic E-state index is 12.9. The highest BCUT2D eigenvalue weighted by atomic mass is 19.3. The molecule has 0 unspecified atom stereocenters. The van der Waals surface area contributed by atoms with Gasteiger partial charge in [-0.25, -0.2) is 0 Å². The first kappa shape index (κ1) is 12.5. The highest BCUT2D eigenvalue weighted by Crippen LogP contribution is 2.42. The van der Waals surface area contributed by atoms with E-state index in [0.29, 0.717) is 6.04 Å². The third kappa shape index (κ3) is 2.73. The largest absolute Gasteiger partial charge is 0.586 e. The van der Waals surface area contributed by atoms with Crippen LogP contribution in [0.5, 0.6) is 11.5 Å². The first-order valence-electron chi connectivity index (χ1n) is 6.37. The van der Waals surface area contributed by atoms with Gasteiger partial charge in [-0.3, -0.25) is 0 Å². The van der Waals surface area contributed by atoms with Gasteiger partial charge in [0, 0.05) is 17.8 Å². The fraction of sp³-hybridized carbons (Fsp3) is 0.538. The molecule has 1 saturated heterocycles. The summed E-state index contributed by atoms with van der Waals surface area (Å²) in [6.45, 7) is 2.08. The Bertz CT molecular complexity index is 474. The Balaban J connectivity index is 1.67. The molecule has 0 radical (unpaired) electrons. The molecule has 0 atom stereocenters. The van der Waals surface area contributed by atoms with Crippen LogP contribution in [0.1, 0.15) is 12.8 Å². The summed E-state index contributed by atoms with van der Waals surface area (Å²) in [6.07, 6.45) is -1.46. The third-order valence-corrected chi connectivity index (χ3v) is 3.49. The number of nitrogens with one attached hydrogen (secondary N) is 1. The molecule has 0 saturated carbocycles. The van der Waals surface area contributed by atoms with Gasteiger partial charge in [0.15, 0.2) is 11.5 Å². The van der Waals surface area contributed by atoms with Crippen molar-refractivity contribution in [1.82, 2.24) is 4.90 Å². The van der Waals surface area contributed by atoms with Crippen molar-refractivity contribution in [3.63, 3.8) is 0 Å². The van der Waals surface area contributed by atoms with Crippen LogP contribution in [0.2, 0.25) is 0 Å². The van der Waals surface area contributed by atoms with Crippen LogP contribution in [0.3, 0.4) is 0 Å². The smallest absolute Gasteiger partial charge is 0.395 e. The molecule has 4 nitrogen and oxygen atoms in total. The van der Waals surface area contributed by atoms with Gasteiger partial charge in [-0.15, -0.1) is 8.78 Å². The highest BCUT2D eigenvalue weighted by molar-refractivity contribution is 5.56. The van der Waals surface area contributed by atoms with Gasteiger partial charge in [0.1, 0.15) is 0 Å². The van der Waals surface area contributed by atoms with Gasteiger partial charge in [0.25, 0.3) is 0 Å². The first-order valence-corrected chi connectivity index (χ1v) is 6.37. The SMILES string of the molecule is CN1CCC(Nc2ccc3c(c2)OC(F)(F)O3)CC1. The van der Waals surface area contributed by atoms with Crippen molar-refractivity contribution >= 4 is 5.69 Å². The Morgan fingerprint density at radius 2 is 1.89 bits per heavy atom. The Kier molecular flexibility index (Phi) is 2.97. The van der Waals surface area contributed by atoms with Crippen molar-refractivity contribution < 1.29 is 18.3 Å². The van der Waals surface area contributed by atoms with Crippen LogP contribution >= 0.6 is 0 Å². The van der Waals surface area contributed by atoms with E-state index in [9.17, 15) is 8.78 Å². The zero-order valence-corrected chi connectivity index (χ0v) is 10.7. The van der Waals surface area contributed by atoms with Gasteiger partial charge in [0.05, 0.1) is 0 Å². The number of halogens is 2. The lowest BCUT2D eigenvalue weighted by Gasteiger charge is -2.30. The fourth-order valence-electron chi connectivity index (χ4n) is 2.43. The summed E-state index contributed by atoms with van der Waals surface area (Å²) in [4.78, 5) is 2.28. The molecule has 0 spiro atoms. The van der Waals surface area contributed by atoms with E-state index in [1.165, 1.54) is 6.07 Å². The van der Waals surface area contributed by atoms with Crippen molar-refractivity contribution in [2.75, 3.05) is 25.5 Å². The standard InChI is InChI=1S/C13H16F2N2O2/c1-17-6-4-9(5-7-17)16-10-2-3-11-12(8-10)19-13(14,15)18-11/h2-3,8-9,16H,4-7H2,1H3. The molecular weight excluding hydrogens is 254 g/mol. The number of likely N-dealkylation sites (tertiary alicyclic amines) is 1. The van der Waals surface area contributed by atoms with E-state index >= 15 is 0 Å². The predicted molar refractivity (Wildman–Crippen MR) is 66.8 cm³/mol. The Morgan fingerprint density at radius 3 is 2.63 bits per heavy atom. The van der Waals surface area contributed by atoms with Crippen LogP contribution < -0.4 is 14.8 Å². The molecule has 1 aromatic carbocycles. The number of anilines is 1. The molecule has 2 aliphatic heterocycles. The highest BCUT2D eigenvalue weighted by Gasteiger charge is 2.43. The third-order valence-electron chi connectivity index (χ3n) is 3.49. The van der Waals surface area contributed by atoms with E-state index in [1.807, 2.05) is 0 Å². The minimum atomic E-state index is -3.55. The molecule has 0 aromatic heterocycles. The summed E-state index contributed by atoms with van der Waals surface area (Å²) in [5, 5.41) is 3.35. The molecule has 0 bridgehead atoms. The number of alkyl halides is 2. The lowest BCUT2D eigenvalue weighted by molar-refractivity contribution is -0.286. The van der Waals surface area contributed by atoms with E-state index < -0.39 is 6.29 Å². The molecular formula is C13H16F2N2O2. The van der Waals surface area contributed by atoms with E-state index in [0.717, 1.165) is 31.6 Å². The molecule has 2 aliphatic rings. The van der Waals surface area contributed by atoms with Crippen LogP contribution in [-0.2, 0) is 0 Å². The minimum absolute atomic E-state index is 0.0823. The number of nitrogens with zero attached hydrogens (tertiary/aromatic N) is 1. The van der Waals surface area contributed by atoms with Gasteiger partial charge < -0.3 is 19.7 Å². The second-order valence-corrected chi connectivity index (χ2v) is 5.05. The Hall–Kier alpha value is -1.56. The number of ether oxygens (including phenoxy) is 2. The van der Waals surface area contributed by atoms with Crippen molar-refractivity contribution in [3.05, 3.63) is 18.2 Å². The maximum Gasteiger partial charge on any atom is 0.586 e. The molecule has 1 fully saturated rings. The molecule has 2 heterocycles. The lowest BCUT2D eigenvalue weighted by Crippen LogP contribution is -2.36. The normalized spacial score (nSPS) is 22.5. The van der Waals surface area contributed by atoms with Crippen LogP contribution in [0, 0.1) is 0 Å². The molecule has 6 heteroatoms. The fourth-order valence-corrected chi connectivity index (χ4v) is 2.43. The summed E-state index contributed by atoms with van der Waals surface area (Å²) < 4.78 is 34.6.